The molecule has 0 spiro atoms. The Morgan fingerprint density at radius 3 is 2.48 bits per heavy atom. The number of rotatable bonds is 5. The first-order valence-electron chi connectivity index (χ1n) is 7.45. The maximum atomic E-state index is 12.0. The van der Waals surface area contributed by atoms with E-state index in [0.29, 0.717) is 11.1 Å². The van der Waals surface area contributed by atoms with Gasteiger partial charge in [-0.15, -0.1) is 0 Å². The summed E-state index contributed by atoms with van der Waals surface area (Å²) in [5.41, 5.74) is 2.29. The highest BCUT2D eigenvalue weighted by Crippen LogP contribution is 2.19. The smallest absolute Gasteiger partial charge is 0.374 e. The van der Waals surface area contributed by atoms with Crippen molar-refractivity contribution in [3.63, 3.8) is 0 Å². The summed E-state index contributed by atoms with van der Waals surface area (Å²) in [5, 5.41) is 0.820. The summed E-state index contributed by atoms with van der Waals surface area (Å²) in [5.74, 6) is -0.780. The molecule has 0 amide bonds. The number of Topliss-reactive ketones (excluding diaryl/α,β-unsaturated/α-hetero) is 1. The van der Waals surface area contributed by atoms with Gasteiger partial charge < -0.3 is 9.15 Å². The van der Waals surface area contributed by atoms with Gasteiger partial charge in [0.15, 0.2) is 12.4 Å². The lowest BCUT2D eigenvalue weighted by Gasteiger charge is -2.03. The molecule has 0 atom stereocenters. The van der Waals surface area contributed by atoms with Gasteiger partial charge in [0.2, 0.25) is 5.76 Å². The molecule has 0 saturated heterocycles. The van der Waals surface area contributed by atoms with Gasteiger partial charge >= 0.3 is 5.97 Å². The van der Waals surface area contributed by atoms with E-state index < -0.39 is 5.97 Å². The van der Waals surface area contributed by atoms with Gasteiger partial charge in [0.05, 0.1) is 0 Å². The maximum Gasteiger partial charge on any atom is 0.374 e. The van der Waals surface area contributed by atoms with Gasteiger partial charge in [-0.3, -0.25) is 4.79 Å². The first-order valence-corrected chi connectivity index (χ1v) is 7.45. The van der Waals surface area contributed by atoms with Crippen LogP contribution in [-0.4, -0.2) is 18.4 Å². The van der Waals surface area contributed by atoms with Crippen LogP contribution in [0.5, 0.6) is 0 Å². The van der Waals surface area contributed by atoms with Gasteiger partial charge in [0.25, 0.3) is 0 Å². The summed E-state index contributed by atoms with van der Waals surface area (Å²) in [6, 6.07) is 16.2. The first kappa shape index (κ1) is 15.0. The van der Waals surface area contributed by atoms with Crippen molar-refractivity contribution in [3.05, 3.63) is 71.5 Å². The Labute approximate surface area is 133 Å². The van der Waals surface area contributed by atoms with E-state index in [4.69, 9.17) is 9.15 Å². The molecule has 1 aromatic heterocycles. The lowest BCUT2D eigenvalue weighted by molar-refractivity contribution is 0.0446. The Balaban J connectivity index is 1.64. The zero-order chi connectivity index (χ0) is 16.2. The SMILES string of the molecule is CCc1ccc(C(=O)COC(=O)c2cc3ccccc3o2)cc1. The molecule has 0 aliphatic rings. The fraction of sp³-hybridized carbons (Fsp3) is 0.158. The first-order chi connectivity index (χ1) is 11.2. The molecule has 1 heterocycles. The lowest BCUT2D eigenvalue weighted by atomic mass is 10.1. The Hall–Kier alpha value is -2.88. The van der Waals surface area contributed by atoms with Gasteiger partial charge in [-0.25, -0.2) is 4.79 Å². The number of hydrogen-bond acceptors (Lipinski definition) is 4. The largest absolute Gasteiger partial charge is 0.451 e. The molecule has 0 aliphatic carbocycles. The number of benzene rings is 2. The average Bonchev–Trinajstić information content (AvgIpc) is 3.03. The van der Waals surface area contributed by atoms with Gasteiger partial charge in [-0.2, -0.15) is 0 Å². The number of para-hydroxylation sites is 1. The lowest BCUT2D eigenvalue weighted by Crippen LogP contribution is -2.13. The predicted molar refractivity (Wildman–Crippen MR) is 86.6 cm³/mol. The molecular weight excluding hydrogens is 292 g/mol. The van der Waals surface area contributed by atoms with Crippen LogP contribution in [0, 0.1) is 0 Å². The van der Waals surface area contributed by atoms with Crippen LogP contribution in [0.2, 0.25) is 0 Å². The molecule has 23 heavy (non-hydrogen) atoms. The highest BCUT2D eigenvalue weighted by Gasteiger charge is 2.16. The molecule has 0 N–H and O–H groups in total. The number of carbonyl (C=O) groups is 2. The molecule has 0 fully saturated rings. The monoisotopic (exact) mass is 308 g/mol. The molecule has 4 heteroatoms. The number of aryl methyl sites for hydroxylation is 1. The van der Waals surface area contributed by atoms with Crippen LogP contribution in [0.1, 0.15) is 33.4 Å². The summed E-state index contributed by atoms with van der Waals surface area (Å²) in [6.07, 6.45) is 0.912. The molecule has 0 bridgehead atoms. The van der Waals surface area contributed by atoms with Crippen LogP contribution < -0.4 is 0 Å². The number of ether oxygens (including phenoxy) is 1. The summed E-state index contributed by atoms with van der Waals surface area (Å²) < 4.78 is 10.5. The average molecular weight is 308 g/mol. The number of ketones is 1. The van der Waals surface area contributed by atoms with Crippen molar-refractivity contribution in [2.75, 3.05) is 6.61 Å². The Morgan fingerprint density at radius 2 is 1.78 bits per heavy atom. The highest BCUT2D eigenvalue weighted by atomic mass is 16.5. The van der Waals surface area contributed by atoms with E-state index in [1.165, 1.54) is 0 Å². The molecule has 4 nitrogen and oxygen atoms in total. The van der Waals surface area contributed by atoms with E-state index in [1.54, 1.807) is 24.3 Å². The molecule has 2 aromatic carbocycles. The molecule has 0 saturated carbocycles. The van der Waals surface area contributed by atoms with Crippen LogP contribution in [0.25, 0.3) is 11.0 Å². The fourth-order valence-corrected chi connectivity index (χ4v) is 2.29. The van der Waals surface area contributed by atoms with E-state index in [1.807, 2.05) is 37.3 Å². The van der Waals surface area contributed by atoms with E-state index in [2.05, 4.69) is 0 Å². The van der Waals surface area contributed by atoms with E-state index in [0.717, 1.165) is 17.4 Å². The Morgan fingerprint density at radius 1 is 1.04 bits per heavy atom. The van der Waals surface area contributed by atoms with Gasteiger partial charge in [0, 0.05) is 10.9 Å². The Bertz CT molecular complexity index is 810. The van der Waals surface area contributed by atoms with Crippen molar-refractivity contribution in [3.8, 4) is 0 Å². The number of hydrogen-bond donors (Lipinski definition) is 0. The molecule has 0 radical (unpaired) electrons. The van der Waals surface area contributed by atoms with Crippen LogP contribution in [-0.2, 0) is 11.2 Å². The molecule has 0 unspecified atom stereocenters. The molecule has 3 rings (SSSR count). The van der Waals surface area contributed by atoms with Crippen molar-refractivity contribution in [1.29, 1.82) is 0 Å². The fourth-order valence-electron chi connectivity index (χ4n) is 2.29. The third-order valence-corrected chi connectivity index (χ3v) is 3.65. The quantitative estimate of drug-likeness (QED) is 0.527. The van der Waals surface area contributed by atoms with Crippen molar-refractivity contribution in [2.24, 2.45) is 0 Å². The zero-order valence-corrected chi connectivity index (χ0v) is 12.7. The second-order valence-electron chi connectivity index (χ2n) is 5.20. The summed E-state index contributed by atoms with van der Waals surface area (Å²) in [4.78, 5) is 24.0. The van der Waals surface area contributed by atoms with E-state index in [9.17, 15) is 9.59 Å². The maximum absolute atomic E-state index is 12.0. The molecular formula is C19H16O4. The van der Waals surface area contributed by atoms with Gasteiger partial charge in [0.1, 0.15) is 5.58 Å². The van der Waals surface area contributed by atoms with Crippen molar-refractivity contribution in [1.82, 2.24) is 0 Å². The molecule has 116 valence electrons. The minimum absolute atomic E-state index is 0.0975. The predicted octanol–water partition coefficient (Wildman–Crippen LogP) is 4.03. The summed E-state index contributed by atoms with van der Waals surface area (Å²) in [7, 11) is 0. The van der Waals surface area contributed by atoms with Crippen molar-refractivity contribution in [2.45, 2.75) is 13.3 Å². The van der Waals surface area contributed by atoms with Gasteiger partial charge in [-0.05, 0) is 24.1 Å². The third-order valence-electron chi connectivity index (χ3n) is 3.65. The van der Waals surface area contributed by atoms with Crippen molar-refractivity contribution >= 4 is 22.7 Å². The normalized spacial score (nSPS) is 10.7. The summed E-state index contributed by atoms with van der Waals surface area (Å²) >= 11 is 0. The standard InChI is InChI=1S/C19H16O4/c1-2-13-7-9-14(10-8-13)16(20)12-22-19(21)18-11-15-5-3-4-6-17(15)23-18/h3-11H,2,12H2,1H3. The highest BCUT2D eigenvalue weighted by molar-refractivity contribution is 5.99. The number of carbonyl (C=O) groups excluding carboxylic acids is 2. The van der Waals surface area contributed by atoms with Crippen LogP contribution in [0.15, 0.2) is 59.0 Å². The topological polar surface area (TPSA) is 56.5 Å². The minimum Gasteiger partial charge on any atom is -0.451 e. The zero-order valence-electron chi connectivity index (χ0n) is 12.7. The van der Waals surface area contributed by atoms with Crippen LogP contribution in [0.4, 0.5) is 0 Å². The Kier molecular flexibility index (Phi) is 4.24. The van der Waals surface area contributed by atoms with E-state index >= 15 is 0 Å². The second-order valence-corrected chi connectivity index (χ2v) is 5.20. The van der Waals surface area contributed by atoms with Crippen molar-refractivity contribution < 1.29 is 18.7 Å². The van der Waals surface area contributed by atoms with Gasteiger partial charge in [-0.1, -0.05) is 49.4 Å². The second kappa shape index (κ2) is 6.48. The minimum atomic E-state index is -0.639. The number of esters is 1. The third kappa shape index (κ3) is 3.31. The molecule has 0 aliphatic heterocycles. The van der Waals surface area contributed by atoms with Crippen LogP contribution >= 0.6 is 0 Å². The van der Waals surface area contributed by atoms with Crippen LogP contribution in [0.3, 0.4) is 0 Å². The molecule has 3 aromatic rings. The number of furan rings is 1. The summed E-state index contributed by atoms with van der Waals surface area (Å²) in [6.45, 7) is 1.74. The number of fused-ring (bicyclic) bond motifs is 1. The van der Waals surface area contributed by atoms with E-state index in [-0.39, 0.29) is 18.2 Å².